The first-order valence-electron chi connectivity index (χ1n) is 10.1. The maximum absolute atomic E-state index is 12.7. The van der Waals surface area contributed by atoms with Gasteiger partial charge in [0.2, 0.25) is 5.82 Å². The van der Waals surface area contributed by atoms with E-state index in [1.165, 1.54) is 0 Å². The summed E-state index contributed by atoms with van der Waals surface area (Å²) in [5.41, 5.74) is 2.60. The predicted octanol–water partition coefficient (Wildman–Crippen LogP) is 1.30. The lowest BCUT2D eigenvalue weighted by Gasteiger charge is -2.26. The number of ether oxygens (including phenoxy) is 1. The molecular formula is C20H28N6O2. The first-order valence-corrected chi connectivity index (χ1v) is 10.1. The van der Waals surface area contributed by atoms with Gasteiger partial charge in [-0.05, 0) is 38.3 Å². The van der Waals surface area contributed by atoms with Crippen LogP contribution in [0.25, 0.3) is 11.0 Å². The molecule has 4 rings (SSSR count). The maximum atomic E-state index is 12.7. The number of hydrogen-bond donors (Lipinski definition) is 1. The Morgan fingerprint density at radius 1 is 1.11 bits per heavy atom. The number of nitrogens with one attached hydrogen (secondary N) is 1. The SMILES string of the molecule is Cc1cc(C)c2c(N3CCCC3)nc(C(=O)NCCN3CCOCC3)nc2n1. The van der Waals surface area contributed by atoms with Crippen molar-refractivity contribution >= 4 is 22.8 Å². The molecular weight excluding hydrogens is 356 g/mol. The summed E-state index contributed by atoms with van der Waals surface area (Å²) in [5.74, 6) is 0.802. The Kier molecular flexibility index (Phi) is 5.68. The highest BCUT2D eigenvalue weighted by molar-refractivity contribution is 5.96. The first kappa shape index (κ1) is 19.0. The summed E-state index contributed by atoms with van der Waals surface area (Å²) < 4.78 is 5.36. The second-order valence-electron chi connectivity index (χ2n) is 7.55. The quantitative estimate of drug-likeness (QED) is 0.832. The van der Waals surface area contributed by atoms with Crippen LogP contribution >= 0.6 is 0 Å². The van der Waals surface area contributed by atoms with Gasteiger partial charge in [-0.2, -0.15) is 0 Å². The van der Waals surface area contributed by atoms with E-state index in [0.29, 0.717) is 12.2 Å². The van der Waals surface area contributed by atoms with Gasteiger partial charge in [-0.15, -0.1) is 0 Å². The lowest BCUT2D eigenvalue weighted by molar-refractivity contribution is 0.0383. The number of amides is 1. The van der Waals surface area contributed by atoms with E-state index < -0.39 is 0 Å². The Hall–Kier alpha value is -2.32. The van der Waals surface area contributed by atoms with E-state index >= 15 is 0 Å². The van der Waals surface area contributed by atoms with Crippen molar-refractivity contribution in [1.82, 2.24) is 25.2 Å². The summed E-state index contributed by atoms with van der Waals surface area (Å²) in [7, 11) is 0. The molecule has 0 saturated carbocycles. The average molecular weight is 384 g/mol. The lowest BCUT2D eigenvalue weighted by Crippen LogP contribution is -2.41. The number of morpholine rings is 1. The molecule has 0 aromatic carbocycles. The van der Waals surface area contributed by atoms with Crippen molar-refractivity contribution in [3.8, 4) is 0 Å². The lowest BCUT2D eigenvalue weighted by atomic mass is 10.1. The largest absolute Gasteiger partial charge is 0.379 e. The number of carbonyl (C=O) groups is 1. The molecule has 2 aliphatic heterocycles. The summed E-state index contributed by atoms with van der Waals surface area (Å²) in [6.45, 7) is 10.6. The zero-order chi connectivity index (χ0) is 19.5. The number of nitrogens with zero attached hydrogens (tertiary/aromatic N) is 5. The van der Waals surface area contributed by atoms with E-state index in [1.54, 1.807) is 0 Å². The summed E-state index contributed by atoms with van der Waals surface area (Å²) in [6.07, 6.45) is 2.29. The Balaban J connectivity index is 1.56. The van der Waals surface area contributed by atoms with Gasteiger partial charge in [0, 0.05) is 45.0 Å². The predicted molar refractivity (Wildman–Crippen MR) is 108 cm³/mol. The van der Waals surface area contributed by atoms with Crippen LogP contribution in [0.4, 0.5) is 5.82 Å². The molecule has 150 valence electrons. The second kappa shape index (κ2) is 8.36. The van der Waals surface area contributed by atoms with E-state index in [9.17, 15) is 4.79 Å². The molecule has 2 aliphatic rings. The van der Waals surface area contributed by atoms with Crippen LogP contribution in [-0.2, 0) is 4.74 Å². The summed E-state index contributed by atoms with van der Waals surface area (Å²) in [5, 5.41) is 3.92. The van der Waals surface area contributed by atoms with Gasteiger partial charge >= 0.3 is 0 Å². The first-order chi connectivity index (χ1) is 13.6. The zero-order valence-corrected chi connectivity index (χ0v) is 16.7. The number of fused-ring (bicyclic) bond motifs is 1. The van der Waals surface area contributed by atoms with Gasteiger partial charge in [-0.3, -0.25) is 9.69 Å². The van der Waals surface area contributed by atoms with Crippen LogP contribution in [0.15, 0.2) is 6.07 Å². The summed E-state index contributed by atoms with van der Waals surface area (Å²) in [6, 6.07) is 2.05. The molecule has 2 aromatic rings. The van der Waals surface area contributed by atoms with Crippen molar-refractivity contribution < 1.29 is 9.53 Å². The molecule has 0 bridgehead atoms. The normalized spacial score (nSPS) is 18.0. The van der Waals surface area contributed by atoms with Crippen LogP contribution in [0, 0.1) is 13.8 Å². The number of rotatable bonds is 5. The Morgan fingerprint density at radius 3 is 2.61 bits per heavy atom. The topological polar surface area (TPSA) is 83.5 Å². The van der Waals surface area contributed by atoms with Crippen LogP contribution < -0.4 is 10.2 Å². The van der Waals surface area contributed by atoms with Gasteiger partial charge in [-0.1, -0.05) is 0 Å². The molecule has 1 amide bonds. The Morgan fingerprint density at radius 2 is 1.86 bits per heavy atom. The Bertz CT molecular complexity index is 859. The van der Waals surface area contributed by atoms with Crippen molar-refractivity contribution in [3.63, 3.8) is 0 Å². The molecule has 1 N–H and O–H groups in total. The summed E-state index contributed by atoms with van der Waals surface area (Å²) in [4.78, 5) is 31.0. The van der Waals surface area contributed by atoms with Crippen LogP contribution in [-0.4, -0.2) is 78.2 Å². The fourth-order valence-electron chi connectivity index (χ4n) is 3.95. The van der Waals surface area contributed by atoms with Crippen molar-refractivity contribution in [2.45, 2.75) is 26.7 Å². The van der Waals surface area contributed by atoms with Crippen molar-refractivity contribution in [3.05, 3.63) is 23.1 Å². The van der Waals surface area contributed by atoms with Crippen molar-refractivity contribution in [2.24, 2.45) is 0 Å². The molecule has 2 aromatic heterocycles. The number of pyridine rings is 1. The smallest absolute Gasteiger partial charge is 0.289 e. The third kappa shape index (κ3) is 4.07. The molecule has 2 fully saturated rings. The summed E-state index contributed by atoms with van der Waals surface area (Å²) >= 11 is 0. The number of carbonyl (C=O) groups excluding carboxylic acids is 1. The van der Waals surface area contributed by atoms with Crippen LogP contribution in [0.2, 0.25) is 0 Å². The molecule has 0 aliphatic carbocycles. The Labute approximate surface area is 165 Å². The van der Waals surface area contributed by atoms with Crippen molar-refractivity contribution in [1.29, 1.82) is 0 Å². The van der Waals surface area contributed by atoms with Gasteiger partial charge in [0.05, 0.1) is 18.6 Å². The number of hydrogen-bond acceptors (Lipinski definition) is 7. The van der Waals surface area contributed by atoms with E-state index in [0.717, 1.165) is 81.2 Å². The third-order valence-corrected chi connectivity index (χ3v) is 5.40. The van der Waals surface area contributed by atoms with Crippen LogP contribution in [0.5, 0.6) is 0 Å². The molecule has 8 nitrogen and oxygen atoms in total. The van der Waals surface area contributed by atoms with Crippen molar-refractivity contribution in [2.75, 3.05) is 57.4 Å². The standard InChI is InChI=1S/C20H28N6O2/c1-14-13-15(2)22-17-16(14)19(26-6-3-4-7-26)24-18(23-17)20(27)21-5-8-25-9-11-28-12-10-25/h13H,3-12H2,1-2H3,(H,21,27). The highest BCUT2D eigenvalue weighted by Gasteiger charge is 2.22. The van der Waals surface area contributed by atoms with E-state index in [-0.39, 0.29) is 11.7 Å². The van der Waals surface area contributed by atoms with E-state index in [1.807, 2.05) is 13.0 Å². The minimum atomic E-state index is -0.239. The van der Waals surface area contributed by atoms with E-state index in [4.69, 9.17) is 4.74 Å². The average Bonchev–Trinajstić information content (AvgIpc) is 3.22. The zero-order valence-electron chi connectivity index (χ0n) is 16.7. The van der Waals surface area contributed by atoms with Gasteiger partial charge in [0.25, 0.3) is 5.91 Å². The van der Waals surface area contributed by atoms with Gasteiger partial charge in [0.1, 0.15) is 5.82 Å². The molecule has 4 heterocycles. The molecule has 28 heavy (non-hydrogen) atoms. The molecule has 0 unspecified atom stereocenters. The molecule has 8 heteroatoms. The number of anilines is 1. The minimum absolute atomic E-state index is 0.203. The fraction of sp³-hybridized carbons (Fsp3) is 0.600. The number of aromatic nitrogens is 3. The monoisotopic (exact) mass is 384 g/mol. The molecule has 0 spiro atoms. The molecule has 0 atom stereocenters. The molecule has 0 radical (unpaired) electrons. The fourth-order valence-corrected chi connectivity index (χ4v) is 3.95. The van der Waals surface area contributed by atoms with Crippen LogP contribution in [0.1, 0.15) is 34.7 Å². The van der Waals surface area contributed by atoms with Gasteiger partial charge in [0.15, 0.2) is 5.65 Å². The van der Waals surface area contributed by atoms with E-state index in [2.05, 4.69) is 37.0 Å². The molecule has 2 saturated heterocycles. The highest BCUT2D eigenvalue weighted by Crippen LogP contribution is 2.29. The van der Waals surface area contributed by atoms with Gasteiger partial charge < -0.3 is 15.0 Å². The minimum Gasteiger partial charge on any atom is -0.379 e. The number of aryl methyl sites for hydroxylation is 2. The maximum Gasteiger partial charge on any atom is 0.289 e. The highest BCUT2D eigenvalue weighted by atomic mass is 16.5. The van der Waals surface area contributed by atoms with Gasteiger partial charge in [-0.25, -0.2) is 15.0 Å². The van der Waals surface area contributed by atoms with Crippen LogP contribution in [0.3, 0.4) is 0 Å². The second-order valence-corrected chi connectivity index (χ2v) is 7.55. The third-order valence-electron chi connectivity index (χ3n) is 5.40.